The van der Waals surface area contributed by atoms with Gasteiger partial charge in [-0.3, -0.25) is 9.80 Å². The zero-order valence-electron chi connectivity index (χ0n) is 15.3. The molecule has 0 bridgehead atoms. The number of hydrogen-bond acceptors (Lipinski definition) is 6. The van der Waals surface area contributed by atoms with Crippen LogP contribution >= 0.6 is 0 Å². The molecule has 0 radical (unpaired) electrons. The maximum absolute atomic E-state index is 3.93. The Morgan fingerprint density at radius 2 is 1.00 bits per heavy atom. The van der Waals surface area contributed by atoms with Crippen molar-refractivity contribution < 1.29 is 0 Å². The Kier molecular flexibility index (Phi) is 9.20. The van der Waals surface area contributed by atoms with Gasteiger partial charge in [0.25, 0.3) is 0 Å². The Labute approximate surface area is 148 Å². The monoisotopic (exact) mass is 336 g/mol. The molecule has 0 amide bonds. The highest BCUT2D eigenvalue weighted by Gasteiger charge is 2.13. The van der Waals surface area contributed by atoms with Gasteiger partial charge in [0.15, 0.2) is 0 Å². The lowest BCUT2D eigenvalue weighted by molar-refractivity contribution is 0.191. The summed E-state index contributed by atoms with van der Waals surface area (Å²) in [5.74, 6) is 0. The normalized spacial score (nSPS) is 23.3. The second-order valence-corrected chi connectivity index (χ2v) is 6.62. The maximum Gasteiger partial charge on any atom is 0.0300 e. The zero-order valence-corrected chi connectivity index (χ0v) is 15.3. The van der Waals surface area contributed by atoms with E-state index in [-0.39, 0.29) is 0 Å². The van der Waals surface area contributed by atoms with E-state index in [1.807, 2.05) is 12.4 Å². The summed E-state index contributed by atoms with van der Waals surface area (Å²) in [6.07, 6.45) is 3.95. The first-order valence-corrected chi connectivity index (χ1v) is 9.41. The third-order valence-electron chi connectivity index (χ3n) is 5.02. The number of hydrogen-bond donors (Lipinski definition) is 2. The SMILES string of the molecule is C=CN1CCNCCN(CCN2CCNCCN(C=C)CC2)CC1. The quantitative estimate of drug-likeness (QED) is 0.717. The molecule has 0 aromatic carbocycles. The van der Waals surface area contributed by atoms with Crippen molar-refractivity contribution in [3.8, 4) is 0 Å². The summed E-state index contributed by atoms with van der Waals surface area (Å²) in [6, 6.07) is 0. The van der Waals surface area contributed by atoms with Crippen LogP contribution in [0.15, 0.2) is 25.6 Å². The van der Waals surface area contributed by atoms with Crippen molar-refractivity contribution in [2.75, 3.05) is 91.6 Å². The number of nitrogens with zero attached hydrogens (tertiary/aromatic N) is 4. The summed E-state index contributed by atoms with van der Waals surface area (Å²) in [5.41, 5.74) is 0. The molecule has 0 unspecified atom stereocenters. The minimum Gasteiger partial charge on any atom is -0.375 e. The molecular weight excluding hydrogens is 300 g/mol. The van der Waals surface area contributed by atoms with E-state index in [0.29, 0.717) is 0 Å². The van der Waals surface area contributed by atoms with E-state index in [0.717, 1.165) is 91.6 Å². The van der Waals surface area contributed by atoms with Crippen LogP contribution in [0.5, 0.6) is 0 Å². The molecule has 24 heavy (non-hydrogen) atoms. The average Bonchev–Trinajstić information content (AvgIpc) is 2.80. The lowest BCUT2D eigenvalue weighted by atomic mass is 10.3. The Hall–Kier alpha value is -1.08. The molecule has 6 heteroatoms. The lowest BCUT2D eigenvalue weighted by Gasteiger charge is -2.29. The van der Waals surface area contributed by atoms with E-state index >= 15 is 0 Å². The van der Waals surface area contributed by atoms with Crippen LogP contribution in [0.3, 0.4) is 0 Å². The van der Waals surface area contributed by atoms with Crippen molar-refractivity contribution in [3.63, 3.8) is 0 Å². The first kappa shape index (κ1) is 19.2. The summed E-state index contributed by atoms with van der Waals surface area (Å²) >= 11 is 0. The fourth-order valence-corrected chi connectivity index (χ4v) is 3.25. The van der Waals surface area contributed by atoms with Gasteiger partial charge in [0.1, 0.15) is 0 Å². The molecule has 0 aliphatic carbocycles. The molecule has 0 spiro atoms. The molecule has 2 aliphatic rings. The molecule has 2 aliphatic heterocycles. The highest BCUT2D eigenvalue weighted by atomic mass is 15.3. The largest absolute Gasteiger partial charge is 0.375 e. The summed E-state index contributed by atoms with van der Waals surface area (Å²) < 4.78 is 0. The Morgan fingerprint density at radius 3 is 1.42 bits per heavy atom. The molecule has 0 aromatic heterocycles. The molecular formula is C18H36N6. The molecule has 2 heterocycles. The van der Waals surface area contributed by atoms with Crippen LogP contribution in [0.25, 0.3) is 0 Å². The van der Waals surface area contributed by atoms with Crippen LogP contribution in [0.4, 0.5) is 0 Å². The molecule has 0 atom stereocenters. The topological polar surface area (TPSA) is 37.0 Å². The molecule has 0 saturated carbocycles. The van der Waals surface area contributed by atoms with Gasteiger partial charge in [0, 0.05) is 91.6 Å². The molecule has 2 fully saturated rings. The standard InChI is InChI=1S/C18H36N6/c1-3-21-9-5-19-7-11-23(15-13-21)17-18-24-12-8-20-6-10-22(4-2)14-16-24/h3-4,19-20H,1-2,5-18H2. The van der Waals surface area contributed by atoms with Crippen LogP contribution in [0.1, 0.15) is 0 Å². The highest BCUT2D eigenvalue weighted by Crippen LogP contribution is 1.99. The van der Waals surface area contributed by atoms with Gasteiger partial charge in [-0.1, -0.05) is 13.2 Å². The van der Waals surface area contributed by atoms with Gasteiger partial charge in [-0.05, 0) is 12.4 Å². The molecule has 138 valence electrons. The smallest absolute Gasteiger partial charge is 0.0300 e. The Bertz CT molecular complexity index is 327. The van der Waals surface area contributed by atoms with Gasteiger partial charge < -0.3 is 20.4 Å². The molecule has 2 rings (SSSR count). The van der Waals surface area contributed by atoms with Gasteiger partial charge in [0.05, 0.1) is 0 Å². The molecule has 2 saturated heterocycles. The van der Waals surface area contributed by atoms with E-state index in [4.69, 9.17) is 0 Å². The predicted octanol–water partition coefficient (Wildman–Crippen LogP) is -0.312. The Morgan fingerprint density at radius 1 is 0.583 bits per heavy atom. The minimum atomic E-state index is 1.05. The van der Waals surface area contributed by atoms with Crippen LogP contribution < -0.4 is 10.6 Å². The van der Waals surface area contributed by atoms with Crippen molar-refractivity contribution in [1.82, 2.24) is 30.2 Å². The van der Waals surface area contributed by atoms with Crippen LogP contribution in [0, 0.1) is 0 Å². The predicted molar refractivity (Wildman–Crippen MR) is 102 cm³/mol. The van der Waals surface area contributed by atoms with E-state index < -0.39 is 0 Å². The van der Waals surface area contributed by atoms with Crippen molar-refractivity contribution in [2.45, 2.75) is 0 Å². The highest BCUT2D eigenvalue weighted by molar-refractivity contribution is 4.78. The van der Waals surface area contributed by atoms with E-state index in [2.05, 4.69) is 43.4 Å². The number of nitrogens with one attached hydrogen (secondary N) is 2. The van der Waals surface area contributed by atoms with Crippen LogP contribution in [0.2, 0.25) is 0 Å². The Balaban J connectivity index is 1.77. The summed E-state index contributed by atoms with van der Waals surface area (Å²) in [6.45, 7) is 23.2. The molecule has 2 N–H and O–H groups in total. The third-order valence-corrected chi connectivity index (χ3v) is 5.02. The van der Waals surface area contributed by atoms with Gasteiger partial charge in [-0.15, -0.1) is 0 Å². The molecule has 6 nitrogen and oxygen atoms in total. The van der Waals surface area contributed by atoms with Crippen molar-refractivity contribution in [3.05, 3.63) is 25.6 Å². The first-order valence-electron chi connectivity index (χ1n) is 9.41. The fourth-order valence-electron chi connectivity index (χ4n) is 3.25. The summed E-state index contributed by atoms with van der Waals surface area (Å²) in [5, 5.41) is 7.05. The fraction of sp³-hybridized carbons (Fsp3) is 0.778. The maximum atomic E-state index is 3.93. The second kappa shape index (κ2) is 11.5. The summed E-state index contributed by atoms with van der Waals surface area (Å²) in [4.78, 5) is 9.80. The van der Waals surface area contributed by atoms with Gasteiger partial charge in [-0.25, -0.2) is 0 Å². The zero-order chi connectivity index (χ0) is 17.0. The average molecular weight is 337 g/mol. The van der Waals surface area contributed by atoms with Gasteiger partial charge in [0.2, 0.25) is 0 Å². The lowest BCUT2D eigenvalue weighted by Crippen LogP contribution is -2.42. The van der Waals surface area contributed by atoms with Crippen LogP contribution in [-0.2, 0) is 0 Å². The van der Waals surface area contributed by atoms with E-state index in [1.165, 1.54) is 0 Å². The minimum absolute atomic E-state index is 1.05. The second-order valence-electron chi connectivity index (χ2n) is 6.62. The van der Waals surface area contributed by atoms with Crippen molar-refractivity contribution >= 4 is 0 Å². The third kappa shape index (κ3) is 7.21. The van der Waals surface area contributed by atoms with E-state index in [1.54, 1.807) is 0 Å². The van der Waals surface area contributed by atoms with Crippen molar-refractivity contribution in [2.24, 2.45) is 0 Å². The first-order chi connectivity index (χ1) is 11.8. The van der Waals surface area contributed by atoms with Gasteiger partial charge in [-0.2, -0.15) is 0 Å². The van der Waals surface area contributed by atoms with Crippen molar-refractivity contribution in [1.29, 1.82) is 0 Å². The van der Waals surface area contributed by atoms with Gasteiger partial charge >= 0.3 is 0 Å². The van der Waals surface area contributed by atoms with E-state index in [9.17, 15) is 0 Å². The number of rotatable bonds is 5. The summed E-state index contributed by atoms with van der Waals surface area (Å²) in [7, 11) is 0. The molecule has 0 aromatic rings. The van der Waals surface area contributed by atoms with Crippen LogP contribution in [-0.4, -0.2) is 111 Å².